The third-order valence-electron chi connectivity index (χ3n) is 0.693. The summed E-state index contributed by atoms with van der Waals surface area (Å²) in [6.07, 6.45) is 0. The van der Waals surface area contributed by atoms with E-state index in [1.165, 1.54) is 14.1 Å². The largest absolute Gasteiger partial charge is 0.754 e. The zero-order valence-electron chi connectivity index (χ0n) is 5.60. The van der Waals surface area contributed by atoms with E-state index in [1.807, 2.05) is 0 Å². The second kappa shape index (κ2) is 3.49. The first-order chi connectivity index (χ1) is 4.46. The Morgan fingerprint density at radius 2 is 2.00 bits per heavy atom. The number of amides is 2. The topological polar surface area (TPSA) is 89.7 Å². The molecule has 0 aliphatic heterocycles. The van der Waals surface area contributed by atoms with Crippen LogP contribution < -0.4 is 5.73 Å². The third kappa shape index (κ3) is 2.29. The molecule has 0 heterocycles. The fraction of sp³-hybridized carbons (Fsp3) is 0.667. The molecule has 0 aliphatic carbocycles. The lowest BCUT2D eigenvalue weighted by Crippen LogP contribution is -2.45. The minimum atomic E-state index is -2.63. The molecular formula is C3H8N3O3S-. The minimum absolute atomic E-state index is 0.389. The Morgan fingerprint density at radius 1 is 1.60 bits per heavy atom. The van der Waals surface area contributed by atoms with Gasteiger partial charge in [0, 0.05) is 14.1 Å². The van der Waals surface area contributed by atoms with Crippen LogP contribution >= 0.6 is 0 Å². The van der Waals surface area contributed by atoms with E-state index in [9.17, 15) is 13.6 Å². The second-order valence-corrected chi connectivity index (χ2v) is 2.46. The van der Waals surface area contributed by atoms with Crippen LogP contribution in [0.1, 0.15) is 0 Å². The number of rotatable bonds is 2. The first-order valence-electron chi connectivity index (χ1n) is 2.33. The fourth-order valence-electron chi connectivity index (χ4n) is 0.404. The van der Waals surface area contributed by atoms with Crippen LogP contribution in [0.4, 0.5) is 4.79 Å². The highest BCUT2D eigenvalue weighted by molar-refractivity contribution is 7.77. The van der Waals surface area contributed by atoms with E-state index in [4.69, 9.17) is 5.73 Å². The molecule has 0 rings (SSSR count). The normalized spacial score (nSPS) is 13.2. The van der Waals surface area contributed by atoms with E-state index in [2.05, 4.69) is 0 Å². The number of carbonyl (C=O) groups excluding carboxylic acids is 1. The SMILES string of the molecule is CN(C)N(C(N)=O)S(=O)[O-]. The van der Waals surface area contributed by atoms with E-state index in [-0.39, 0.29) is 0 Å². The Bertz CT molecular complexity index is 145. The van der Waals surface area contributed by atoms with E-state index < -0.39 is 17.3 Å². The Morgan fingerprint density at radius 3 is 2.00 bits per heavy atom. The van der Waals surface area contributed by atoms with Crippen LogP contribution in [0, 0.1) is 0 Å². The van der Waals surface area contributed by atoms with Crippen molar-refractivity contribution in [2.45, 2.75) is 0 Å². The summed E-state index contributed by atoms with van der Waals surface area (Å²) in [5.41, 5.74) is 4.69. The second-order valence-electron chi connectivity index (χ2n) is 1.68. The van der Waals surface area contributed by atoms with Gasteiger partial charge in [0.15, 0.2) is 0 Å². The van der Waals surface area contributed by atoms with Gasteiger partial charge in [-0.25, -0.2) is 9.80 Å². The lowest BCUT2D eigenvalue weighted by atomic mass is 11.0. The Balaban J connectivity index is 4.27. The molecule has 60 valence electrons. The molecule has 1 unspecified atom stereocenters. The number of hydrazine groups is 1. The zero-order chi connectivity index (χ0) is 8.31. The predicted molar refractivity (Wildman–Crippen MR) is 34.0 cm³/mol. The first-order valence-corrected chi connectivity index (χ1v) is 3.36. The molecule has 6 nitrogen and oxygen atoms in total. The number of nitrogens with two attached hydrogens (primary N) is 1. The molecule has 0 aliphatic rings. The van der Waals surface area contributed by atoms with Crippen LogP contribution in [0.2, 0.25) is 0 Å². The third-order valence-corrected chi connectivity index (χ3v) is 1.48. The zero-order valence-corrected chi connectivity index (χ0v) is 6.42. The van der Waals surface area contributed by atoms with Gasteiger partial charge in [-0.2, -0.15) is 4.41 Å². The van der Waals surface area contributed by atoms with E-state index >= 15 is 0 Å². The van der Waals surface area contributed by atoms with Gasteiger partial charge in [0.1, 0.15) is 0 Å². The van der Waals surface area contributed by atoms with Crippen molar-refractivity contribution in [2.75, 3.05) is 14.1 Å². The van der Waals surface area contributed by atoms with Crippen molar-refractivity contribution in [3.05, 3.63) is 0 Å². The highest BCUT2D eigenvalue weighted by atomic mass is 32.2. The van der Waals surface area contributed by atoms with Crippen molar-refractivity contribution >= 4 is 17.3 Å². The van der Waals surface area contributed by atoms with Crippen LogP contribution in [0.5, 0.6) is 0 Å². The van der Waals surface area contributed by atoms with Crippen LogP contribution in [-0.4, -0.2) is 38.3 Å². The lowest BCUT2D eigenvalue weighted by Gasteiger charge is -2.27. The van der Waals surface area contributed by atoms with Crippen molar-refractivity contribution in [3.63, 3.8) is 0 Å². The molecule has 2 N–H and O–H groups in total. The summed E-state index contributed by atoms with van der Waals surface area (Å²) in [5, 5.41) is 1.06. The van der Waals surface area contributed by atoms with Gasteiger partial charge < -0.3 is 10.3 Å². The summed E-state index contributed by atoms with van der Waals surface area (Å²) < 4.78 is 20.7. The summed E-state index contributed by atoms with van der Waals surface area (Å²) in [5.74, 6) is 0. The molecule has 0 aromatic rings. The van der Waals surface area contributed by atoms with E-state index in [0.29, 0.717) is 4.41 Å². The van der Waals surface area contributed by atoms with Crippen molar-refractivity contribution in [2.24, 2.45) is 5.73 Å². The van der Waals surface area contributed by atoms with Gasteiger partial charge in [-0.1, -0.05) is 0 Å². The molecule has 0 saturated heterocycles. The molecule has 0 aromatic carbocycles. The van der Waals surface area contributed by atoms with Gasteiger partial charge in [-0.3, -0.25) is 4.21 Å². The van der Waals surface area contributed by atoms with Crippen LogP contribution in [0.15, 0.2) is 0 Å². The molecule has 0 radical (unpaired) electrons. The average molecular weight is 166 g/mol. The quantitative estimate of drug-likeness (QED) is 0.405. The number of nitrogens with zero attached hydrogens (tertiary/aromatic N) is 2. The van der Waals surface area contributed by atoms with E-state index in [1.54, 1.807) is 0 Å². The summed E-state index contributed by atoms with van der Waals surface area (Å²) in [6, 6.07) is -1.03. The Labute approximate surface area is 61.0 Å². The number of hydrogen-bond donors (Lipinski definition) is 1. The summed E-state index contributed by atoms with van der Waals surface area (Å²) in [7, 11) is 2.78. The molecule has 0 aromatic heterocycles. The predicted octanol–water partition coefficient (Wildman–Crippen LogP) is -1.36. The maximum Gasteiger partial charge on any atom is 0.340 e. The van der Waals surface area contributed by atoms with Gasteiger partial charge in [-0.05, 0) is 0 Å². The van der Waals surface area contributed by atoms with Crippen molar-refractivity contribution < 1.29 is 13.6 Å². The molecule has 10 heavy (non-hydrogen) atoms. The number of carbonyl (C=O) groups is 1. The molecule has 0 fully saturated rings. The monoisotopic (exact) mass is 166 g/mol. The number of hydrogen-bond acceptors (Lipinski definition) is 4. The maximum absolute atomic E-state index is 10.3. The summed E-state index contributed by atoms with van der Waals surface area (Å²) >= 11 is -2.63. The van der Waals surface area contributed by atoms with Gasteiger partial charge in [0.2, 0.25) is 0 Å². The first kappa shape index (κ1) is 9.34. The number of urea groups is 1. The minimum Gasteiger partial charge on any atom is -0.754 e. The van der Waals surface area contributed by atoms with Crippen molar-refractivity contribution in [3.8, 4) is 0 Å². The Hall–Kier alpha value is -0.660. The highest BCUT2D eigenvalue weighted by Crippen LogP contribution is 1.92. The average Bonchev–Trinajstić information content (AvgIpc) is 1.59. The fourth-order valence-corrected chi connectivity index (χ4v) is 0.818. The van der Waals surface area contributed by atoms with Gasteiger partial charge in [-0.15, -0.1) is 0 Å². The maximum atomic E-state index is 10.3. The number of primary amides is 1. The standard InChI is InChI=1S/C3H9N3O3S/c1-5(2)6(3(4)7)10(8)9/h1-2H3,(H2,4,7)(H,8,9)/p-1. The van der Waals surface area contributed by atoms with Gasteiger partial charge >= 0.3 is 6.03 Å². The smallest absolute Gasteiger partial charge is 0.340 e. The molecule has 0 spiro atoms. The molecule has 0 saturated carbocycles. The van der Waals surface area contributed by atoms with E-state index in [0.717, 1.165) is 5.01 Å². The highest BCUT2D eigenvalue weighted by Gasteiger charge is 2.11. The van der Waals surface area contributed by atoms with Crippen molar-refractivity contribution in [1.29, 1.82) is 0 Å². The summed E-state index contributed by atoms with van der Waals surface area (Å²) in [6.45, 7) is 0. The van der Waals surface area contributed by atoms with Gasteiger partial charge in [0.25, 0.3) is 0 Å². The van der Waals surface area contributed by atoms with Crippen LogP contribution in [0.3, 0.4) is 0 Å². The molecule has 2 amide bonds. The van der Waals surface area contributed by atoms with Crippen LogP contribution in [-0.2, 0) is 11.3 Å². The molecule has 1 atom stereocenters. The van der Waals surface area contributed by atoms with Gasteiger partial charge in [0.05, 0.1) is 11.3 Å². The molecular weight excluding hydrogens is 158 g/mol. The van der Waals surface area contributed by atoms with Crippen molar-refractivity contribution in [1.82, 2.24) is 9.42 Å². The molecule has 7 heteroatoms. The Kier molecular flexibility index (Phi) is 3.26. The summed E-state index contributed by atoms with van der Waals surface area (Å²) in [4.78, 5) is 10.3. The lowest BCUT2D eigenvalue weighted by molar-refractivity contribution is 0.142. The molecule has 0 bridgehead atoms. The van der Waals surface area contributed by atoms with Crippen LogP contribution in [0.25, 0.3) is 0 Å².